The lowest BCUT2D eigenvalue weighted by Gasteiger charge is -2.20. The molecule has 0 N–H and O–H groups in total. The van der Waals surface area contributed by atoms with Crippen LogP contribution in [-0.4, -0.2) is 0 Å². The largest absolute Gasteiger partial charge is 0.0616 e. The summed E-state index contributed by atoms with van der Waals surface area (Å²) in [4.78, 5) is 0. The van der Waals surface area contributed by atoms with E-state index in [0.717, 1.165) is 25.7 Å². The van der Waals surface area contributed by atoms with E-state index in [2.05, 4.69) is 231 Å². The third-order valence-electron chi connectivity index (χ3n) is 15.4. The highest BCUT2D eigenvalue weighted by molar-refractivity contribution is 6.02. The van der Waals surface area contributed by atoms with E-state index in [-0.39, 0.29) is 0 Å². The Bertz CT molecular complexity index is 3750. The first-order valence-corrected chi connectivity index (χ1v) is 24.2. The van der Waals surface area contributed by atoms with Gasteiger partial charge in [0, 0.05) is 0 Å². The minimum atomic E-state index is 0.919. The van der Waals surface area contributed by atoms with E-state index in [4.69, 9.17) is 0 Å². The highest BCUT2D eigenvalue weighted by atomic mass is 14.3. The van der Waals surface area contributed by atoms with Crippen LogP contribution in [0.4, 0.5) is 0 Å². The minimum Gasteiger partial charge on any atom is -0.0616 e. The molecule has 68 heavy (non-hydrogen) atoms. The Hall–Kier alpha value is -8.32. The van der Waals surface area contributed by atoms with E-state index in [1.165, 1.54) is 143 Å². The Labute approximate surface area is 397 Å². The molecule has 0 heteroatoms. The molecule has 12 aromatic rings. The predicted molar refractivity (Wildman–Crippen MR) is 289 cm³/mol. The van der Waals surface area contributed by atoms with Crippen molar-refractivity contribution in [1.82, 2.24) is 0 Å². The van der Waals surface area contributed by atoms with Crippen molar-refractivity contribution in [2.45, 2.75) is 25.7 Å². The zero-order valence-electron chi connectivity index (χ0n) is 37.8. The summed E-state index contributed by atoms with van der Waals surface area (Å²) in [5.74, 6) is 0. The molecule has 0 nitrogen and oxygen atoms in total. The first-order valence-electron chi connectivity index (χ1n) is 24.2. The Kier molecular flexibility index (Phi) is 8.95. The van der Waals surface area contributed by atoms with Gasteiger partial charge in [-0.2, -0.15) is 0 Å². The third-order valence-corrected chi connectivity index (χ3v) is 15.4. The summed E-state index contributed by atoms with van der Waals surface area (Å²) in [7, 11) is 0. The molecule has 0 saturated heterocycles. The van der Waals surface area contributed by atoms with Gasteiger partial charge in [0.2, 0.25) is 0 Å². The lowest BCUT2D eigenvalue weighted by molar-refractivity contribution is 0.933. The van der Waals surface area contributed by atoms with Crippen LogP contribution in [0, 0.1) is 0 Å². The monoisotopic (exact) mass is 862 g/mol. The Balaban J connectivity index is 0.923. The molecular weight excluding hydrogens is 817 g/mol. The van der Waals surface area contributed by atoms with Crippen molar-refractivity contribution < 1.29 is 0 Å². The van der Waals surface area contributed by atoms with E-state index in [9.17, 15) is 0 Å². The maximum absolute atomic E-state index is 2.48. The topological polar surface area (TPSA) is 0 Å². The molecule has 0 heterocycles. The second kappa shape index (κ2) is 15.7. The van der Waals surface area contributed by atoms with Crippen LogP contribution >= 0.6 is 0 Å². The van der Waals surface area contributed by atoms with Gasteiger partial charge in [0.05, 0.1) is 0 Å². The lowest BCUT2D eigenvalue weighted by atomic mass is 9.83. The normalized spacial score (nSPS) is 12.4. The van der Waals surface area contributed by atoms with Crippen LogP contribution in [-0.2, 0) is 25.7 Å². The van der Waals surface area contributed by atoms with Crippen LogP contribution in [0.25, 0.3) is 110 Å². The molecule has 318 valence electrons. The molecule has 0 fully saturated rings. The Morgan fingerprint density at radius 2 is 0.544 bits per heavy atom. The van der Waals surface area contributed by atoms with E-state index >= 15 is 0 Å². The fraction of sp³-hybridized carbons (Fsp3) is 0.0588. The number of hydrogen-bond acceptors (Lipinski definition) is 0. The molecule has 0 aliphatic heterocycles. The fourth-order valence-electron chi connectivity index (χ4n) is 12.2. The van der Waals surface area contributed by atoms with Gasteiger partial charge in [-0.3, -0.25) is 0 Å². The van der Waals surface area contributed by atoms with E-state index in [1.54, 1.807) is 0 Å². The Morgan fingerprint density at radius 3 is 0.941 bits per heavy atom. The number of benzene rings is 12. The van der Waals surface area contributed by atoms with Gasteiger partial charge in [0.15, 0.2) is 0 Å². The van der Waals surface area contributed by atoms with Crippen molar-refractivity contribution in [3.63, 3.8) is 0 Å². The standard InChI is InChI=1S/C68H46/c1-5-21-51-43(13-1)17-9-25-55(51)47-29-31-57-49(39-47)41-67-61(57)33-35-63(59-27-11-19-45-15-3-7-23-53(45)59)65(67)37-38-66-64(60-28-12-20-46-16-4-8-24-54(46)60)36-34-62-58-32-30-48(40-50(58)42-68(62)66)56-26-10-18-44-14-2-6-22-52(44)56/h1-36,39-40H,37-38,41-42H2. The summed E-state index contributed by atoms with van der Waals surface area (Å²) in [6, 6.07) is 86.6. The van der Waals surface area contributed by atoms with Crippen molar-refractivity contribution >= 4 is 43.1 Å². The fourth-order valence-corrected chi connectivity index (χ4v) is 12.2. The highest BCUT2D eigenvalue weighted by Gasteiger charge is 2.28. The van der Waals surface area contributed by atoms with Crippen LogP contribution < -0.4 is 0 Å². The molecule has 0 bridgehead atoms. The molecule has 2 aliphatic rings. The quantitative estimate of drug-likeness (QED) is 0.150. The summed E-state index contributed by atoms with van der Waals surface area (Å²) in [5, 5.41) is 10.3. The first-order chi connectivity index (χ1) is 33.7. The molecule has 0 aromatic heterocycles. The number of rotatable bonds is 7. The molecule has 0 amide bonds. The first kappa shape index (κ1) is 38.9. The lowest BCUT2D eigenvalue weighted by Crippen LogP contribution is -2.04. The van der Waals surface area contributed by atoms with Crippen molar-refractivity contribution in [2.24, 2.45) is 0 Å². The molecule has 2 aliphatic carbocycles. The summed E-state index contributed by atoms with van der Waals surface area (Å²) < 4.78 is 0. The molecule has 12 aromatic carbocycles. The molecule has 14 rings (SSSR count). The minimum absolute atomic E-state index is 0.919. The van der Waals surface area contributed by atoms with Gasteiger partial charge in [0.25, 0.3) is 0 Å². The van der Waals surface area contributed by atoms with Crippen molar-refractivity contribution in [3.8, 4) is 66.8 Å². The zero-order valence-corrected chi connectivity index (χ0v) is 37.8. The van der Waals surface area contributed by atoms with Crippen molar-refractivity contribution in [2.75, 3.05) is 0 Å². The predicted octanol–water partition coefficient (Wildman–Crippen LogP) is 17.9. The summed E-state index contributed by atoms with van der Waals surface area (Å²) >= 11 is 0. The maximum atomic E-state index is 2.48. The number of fused-ring (bicyclic) bond motifs is 10. The molecule has 0 spiro atoms. The van der Waals surface area contributed by atoms with Gasteiger partial charge in [0.1, 0.15) is 0 Å². The van der Waals surface area contributed by atoms with E-state index in [0.29, 0.717) is 0 Å². The van der Waals surface area contributed by atoms with Gasteiger partial charge in [-0.1, -0.05) is 231 Å². The van der Waals surface area contributed by atoms with Gasteiger partial charge >= 0.3 is 0 Å². The molecule has 0 unspecified atom stereocenters. The third kappa shape index (κ3) is 6.21. The molecule has 0 radical (unpaired) electrons. The zero-order chi connectivity index (χ0) is 44.7. The van der Waals surface area contributed by atoms with Crippen LogP contribution in [0.3, 0.4) is 0 Å². The van der Waals surface area contributed by atoms with Crippen molar-refractivity contribution in [1.29, 1.82) is 0 Å². The van der Waals surface area contributed by atoms with Gasteiger partial charge in [-0.05, 0) is 169 Å². The second-order valence-corrected chi connectivity index (χ2v) is 18.9. The van der Waals surface area contributed by atoms with Gasteiger partial charge < -0.3 is 0 Å². The van der Waals surface area contributed by atoms with Gasteiger partial charge in [-0.15, -0.1) is 0 Å². The summed E-state index contributed by atoms with van der Waals surface area (Å²) in [6.07, 6.45) is 3.70. The van der Waals surface area contributed by atoms with Crippen LogP contribution in [0.15, 0.2) is 231 Å². The van der Waals surface area contributed by atoms with E-state index in [1.807, 2.05) is 0 Å². The van der Waals surface area contributed by atoms with Crippen LogP contribution in [0.5, 0.6) is 0 Å². The summed E-state index contributed by atoms with van der Waals surface area (Å²) in [5.41, 5.74) is 24.7. The SMILES string of the molecule is c1ccc2c(-c3ccc4c(c3)Cc3c-4ccc(-c4cccc5ccccc45)c3CCc3c(-c4cccc5ccccc45)ccc4c3Cc3cc(-c5cccc6ccccc56)ccc3-4)cccc2c1. The number of hydrogen-bond donors (Lipinski definition) is 0. The highest BCUT2D eigenvalue weighted by Crippen LogP contribution is 2.48. The molecular formula is C68H46. The average Bonchev–Trinajstić information content (AvgIpc) is 3.97. The molecule has 0 atom stereocenters. The van der Waals surface area contributed by atoms with Crippen LogP contribution in [0.1, 0.15) is 33.4 Å². The summed E-state index contributed by atoms with van der Waals surface area (Å²) in [6.45, 7) is 0. The average molecular weight is 863 g/mol. The molecule has 0 saturated carbocycles. The van der Waals surface area contributed by atoms with Gasteiger partial charge in [-0.25, -0.2) is 0 Å². The van der Waals surface area contributed by atoms with Crippen molar-refractivity contribution in [3.05, 3.63) is 264 Å². The van der Waals surface area contributed by atoms with E-state index < -0.39 is 0 Å². The second-order valence-electron chi connectivity index (χ2n) is 18.9. The smallest absolute Gasteiger partial charge is 0.00103 e. The maximum Gasteiger partial charge on any atom is -0.00103 e. The van der Waals surface area contributed by atoms with Crippen LogP contribution in [0.2, 0.25) is 0 Å². The Morgan fingerprint density at radius 1 is 0.235 bits per heavy atom.